The van der Waals surface area contributed by atoms with Crippen LogP contribution in [0.2, 0.25) is 5.02 Å². The number of carbonyl (C=O) groups excluding carboxylic acids is 2. The lowest BCUT2D eigenvalue weighted by molar-refractivity contribution is -0.185. The molecule has 0 spiro atoms. The molecule has 0 aromatic heterocycles. The van der Waals surface area contributed by atoms with E-state index in [-0.39, 0.29) is 23.8 Å². The summed E-state index contributed by atoms with van der Waals surface area (Å²) in [6.07, 6.45) is -1.25. The number of terminal acetylenes is 1. The van der Waals surface area contributed by atoms with Crippen LogP contribution in [0, 0.1) is 24.1 Å². The predicted octanol–water partition coefficient (Wildman–Crippen LogP) is 3.71. The standard InChI is InChI=1S/C16H12ClF4NO3/c1-2-3-4-25-13-8-12(11(18)7-10(13)17)22-14(23)5-9(6-15(22)24)16(19,20)21/h1,7-9H,3-6H2. The molecular weight excluding hydrogens is 366 g/mol. The zero-order chi connectivity index (χ0) is 18.8. The molecule has 0 atom stereocenters. The molecule has 25 heavy (non-hydrogen) atoms. The van der Waals surface area contributed by atoms with Gasteiger partial charge in [0.05, 0.1) is 23.2 Å². The van der Waals surface area contributed by atoms with Gasteiger partial charge in [-0.15, -0.1) is 12.3 Å². The van der Waals surface area contributed by atoms with E-state index in [9.17, 15) is 27.2 Å². The first kappa shape index (κ1) is 19.1. The van der Waals surface area contributed by atoms with E-state index in [2.05, 4.69) is 5.92 Å². The van der Waals surface area contributed by atoms with Crippen LogP contribution in [0.15, 0.2) is 12.1 Å². The zero-order valence-corrected chi connectivity index (χ0v) is 13.5. The first-order valence-electron chi connectivity index (χ1n) is 7.13. The Kier molecular flexibility index (Phi) is 5.58. The summed E-state index contributed by atoms with van der Waals surface area (Å²) in [6.45, 7) is 0.0549. The summed E-state index contributed by atoms with van der Waals surface area (Å²) >= 11 is 5.82. The molecule has 0 radical (unpaired) electrons. The molecule has 1 heterocycles. The number of benzene rings is 1. The Morgan fingerprint density at radius 1 is 1.28 bits per heavy atom. The van der Waals surface area contributed by atoms with Crippen molar-refractivity contribution < 1.29 is 31.9 Å². The van der Waals surface area contributed by atoms with Gasteiger partial charge in [0, 0.05) is 25.3 Å². The maximum absolute atomic E-state index is 14.1. The van der Waals surface area contributed by atoms with E-state index in [1.807, 2.05) is 0 Å². The van der Waals surface area contributed by atoms with Crippen molar-refractivity contribution in [3.63, 3.8) is 0 Å². The van der Waals surface area contributed by atoms with Crippen LogP contribution in [0.1, 0.15) is 19.3 Å². The molecule has 2 amide bonds. The maximum Gasteiger partial charge on any atom is 0.392 e. The number of rotatable bonds is 4. The number of carbonyl (C=O) groups is 2. The second kappa shape index (κ2) is 7.31. The lowest BCUT2D eigenvalue weighted by atomic mass is 9.94. The van der Waals surface area contributed by atoms with Crippen molar-refractivity contribution in [3.05, 3.63) is 23.0 Å². The highest BCUT2D eigenvalue weighted by atomic mass is 35.5. The Hall–Kier alpha value is -2.27. The number of halogens is 5. The Morgan fingerprint density at radius 3 is 2.40 bits per heavy atom. The van der Waals surface area contributed by atoms with Gasteiger partial charge in [0.25, 0.3) is 0 Å². The van der Waals surface area contributed by atoms with Crippen molar-refractivity contribution in [2.24, 2.45) is 5.92 Å². The van der Waals surface area contributed by atoms with Crippen LogP contribution in [-0.2, 0) is 9.59 Å². The molecule has 0 N–H and O–H groups in total. The number of ether oxygens (including phenoxy) is 1. The first-order valence-corrected chi connectivity index (χ1v) is 7.50. The molecular formula is C16H12ClF4NO3. The van der Waals surface area contributed by atoms with Crippen LogP contribution in [0.25, 0.3) is 0 Å². The molecule has 1 saturated heterocycles. The highest BCUT2D eigenvalue weighted by molar-refractivity contribution is 6.32. The van der Waals surface area contributed by atoms with Crippen molar-refractivity contribution in [1.82, 2.24) is 0 Å². The summed E-state index contributed by atoms with van der Waals surface area (Å²) in [7, 11) is 0. The van der Waals surface area contributed by atoms with Gasteiger partial charge in [-0.2, -0.15) is 13.2 Å². The van der Waals surface area contributed by atoms with Gasteiger partial charge in [-0.3, -0.25) is 9.59 Å². The van der Waals surface area contributed by atoms with Crippen LogP contribution in [0.5, 0.6) is 5.75 Å². The van der Waals surface area contributed by atoms with Gasteiger partial charge in [0.1, 0.15) is 11.6 Å². The van der Waals surface area contributed by atoms with Gasteiger partial charge in [0.15, 0.2) is 0 Å². The lowest BCUT2D eigenvalue weighted by Gasteiger charge is -2.31. The second-order valence-electron chi connectivity index (χ2n) is 5.31. The minimum atomic E-state index is -4.68. The van der Waals surface area contributed by atoms with Gasteiger partial charge in [-0.05, 0) is 6.07 Å². The quantitative estimate of drug-likeness (QED) is 0.348. The summed E-state index contributed by atoms with van der Waals surface area (Å²) in [5.41, 5.74) is -0.504. The molecule has 1 aliphatic rings. The highest BCUT2D eigenvalue weighted by Gasteiger charge is 2.48. The monoisotopic (exact) mass is 377 g/mol. The summed E-state index contributed by atoms with van der Waals surface area (Å²) in [6, 6.07) is 1.82. The normalized spacial score (nSPS) is 16.1. The molecule has 9 heteroatoms. The van der Waals surface area contributed by atoms with Crippen LogP contribution in [0.3, 0.4) is 0 Å². The number of hydrogen-bond acceptors (Lipinski definition) is 3. The Labute approximate surface area is 145 Å². The van der Waals surface area contributed by atoms with E-state index < -0.39 is 48.3 Å². The SMILES string of the molecule is C#CCCOc1cc(N2C(=O)CC(C(F)(F)F)CC2=O)c(F)cc1Cl. The van der Waals surface area contributed by atoms with Crippen LogP contribution in [0.4, 0.5) is 23.2 Å². The summed E-state index contributed by atoms with van der Waals surface area (Å²) in [5, 5.41) is -0.122. The van der Waals surface area contributed by atoms with Gasteiger partial charge < -0.3 is 4.74 Å². The Balaban J connectivity index is 2.31. The number of anilines is 1. The number of amides is 2. The van der Waals surface area contributed by atoms with Crippen molar-refractivity contribution in [3.8, 4) is 18.1 Å². The van der Waals surface area contributed by atoms with E-state index in [1.54, 1.807) is 0 Å². The third-order valence-electron chi connectivity index (χ3n) is 3.55. The molecule has 134 valence electrons. The minimum absolute atomic E-state index is 0.0353. The fraction of sp³-hybridized carbons (Fsp3) is 0.375. The molecule has 1 aliphatic heterocycles. The predicted molar refractivity (Wildman–Crippen MR) is 81.6 cm³/mol. The molecule has 1 fully saturated rings. The maximum atomic E-state index is 14.1. The van der Waals surface area contributed by atoms with Crippen LogP contribution >= 0.6 is 11.6 Å². The van der Waals surface area contributed by atoms with E-state index in [1.165, 1.54) is 0 Å². The largest absolute Gasteiger partial charge is 0.491 e. The molecule has 0 saturated carbocycles. The van der Waals surface area contributed by atoms with Crippen molar-refractivity contribution in [1.29, 1.82) is 0 Å². The molecule has 1 aromatic rings. The van der Waals surface area contributed by atoms with Crippen molar-refractivity contribution in [2.75, 3.05) is 11.5 Å². The smallest absolute Gasteiger partial charge is 0.392 e. The zero-order valence-electron chi connectivity index (χ0n) is 12.7. The average molecular weight is 378 g/mol. The average Bonchev–Trinajstić information content (AvgIpc) is 2.49. The summed E-state index contributed by atoms with van der Waals surface area (Å²) < 4.78 is 57.6. The van der Waals surface area contributed by atoms with E-state index in [0.29, 0.717) is 4.90 Å². The van der Waals surface area contributed by atoms with E-state index >= 15 is 0 Å². The second-order valence-corrected chi connectivity index (χ2v) is 5.71. The number of hydrogen-bond donors (Lipinski definition) is 0. The van der Waals surface area contributed by atoms with E-state index in [4.69, 9.17) is 22.8 Å². The number of nitrogens with zero attached hydrogens (tertiary/aromatic N) is 1. The van der Waals surface area contributed by atoms with Crippen LogP contribution < -0.4 is 9.64 Å². The lowest BCUT2D eigenvalue weighted by Crippen LogP contribution is -2.47. The third kappa shape index (κ3) is 4.23. The van der Waals surface area contributed by atoms with Crippen LogP contribution in [-0.4, -0.2) is 24.6 Å². The highest BCUT2D eigenvalue weighted by Crippen LogP contribution is 2.39. The van der Waals surface area contributed by atoms with Gasteiger partial charge >= 0.3 is 6.18 Å². The molecule has 4 nitrogen and oxygen atoms in total. The minimum Gasteiger partial charge on any atom is -0.491 e. The van der Waals surface area contributed by atoms with Crippen molar-refractivity contribution in [2.45, 2.75) is 25.4 Å². The number of alkyl halides is 3. The van der Waals surface area contributed by atoms with Crippen molar-refractivity contribution >= 4 is 29.1 Å². The summed E-state index contributed by atoms with van der Waals surface area (Å²) in [5.74, 6) is -3.12. The fourth-order valence-electron chi connectivity index (χ4n) is 2.34. The molecule has 1 aromatic carbocycles. The van der Waals surface area contributed by atoms with Gasteiger partial charge in [0.2, 0.25) is 11.8 Å². The number of imide groups is 1. The topological polar surface area (TPSA) is 46.6 Å². The van der Waals surface area contributed by atoms with E-state index in [0.717, 1.165) is 12.1 Å². The Bertz CT molecular complexity index is 724. The fourth-order valence-corrected chi connectivity index (χ4v) is 2.54. The number of piperidine rings is 1. The van der Waals surface area contributed by atoms with Gasteiger partial charge in [-0.25, -0.2) is 9.29 Å². The summed E-state index contributed by atoms with van der Waals surface area (Å²) in [4.78, 5) is 24.4. The molecule has 0 unspecified atom stereocenters. The third-order valence-corrected chi connectivity index (χ3v) is 3.85. The molecule has 2 rings (SSSR count). The Morgan fingerprint density at radius 2 is 1.88 bits per heavy atom. The molecule has 0 aliphatic carbocycles. The van der Waals surface area contributed by atoms with Gasteiger partial charge in [-0.1, -0.05) is 11.6 Å². The first-order chi connectivity index (χ1) is 11.6. The molecule has 0 bridgehead atoms.